The molecule has 0 fully saturated rings. The zero-order chi connectivity index (χ0) is 12.9. The molecule has 1 aromatic rings. The molecule has 0 aliphatic rings. The molecule has 0 aliphatic heterocycles. The van der Waals surface area contributed by atoms with Crippen molar-refractivity contribution in [3.8, 4) is 5.75 Å². The Morgan fingerprint density at radius 2 is 1.94 bits per heavy atom. The molecule has 8 heteroatoms. The van der Waals surface area contributed by atoms with Crippen molar-refractivity contribution in [3.63, 3.8) is 0 Å². The predicted molar refractivity (Wildman–Crippen MR) is 65.7 cm³/mol. The Bertz CT molecular complexity index is 398. The first-order valence-electron chi connectivity index (χ1n) is 4.57. The van der Waals surface area contributed by atoms with E-state index < -0.39 is 13.4 Å². The summed E-state index contributed by atoms with van der Waals surface area (Å²) in [5.74, 6) is 0.289. The van der Waals surface area contributed by atoms with E-state index in [0.717, 1.165) is 0 Å². The van der Waals surface area contributed by atoms with Crippen LogP contribution in [-0.4, -0.2) is 11.4 Å². The molecule has 0 bridgehead atoms. The van der Waals surface area contributed by atoms with Gasteiger partial charge in [-0.2, -0.15) is 0 Å². The summed E-state index contributed by atoms with van der Waals surface area (Å²) < 4.78 is 20.6. The molecule has 2 atom stereocenters. The Hall–Kier alpha value is 0.0400. The van der Waals surface area contributed by atoms with E-state index in [1.807, 2.05) is 0 Å². The van der Waals surface area contributed by atoms with Gasteiger partial charge in [0.15, 0.2) is 0 Å². The van der Waals surface area contributed by atoms with Crippen molar-refractivity contribution >= 4 is 42.6 Å². The van der Waals surface area contributed by atoms with Crippen LogP contribution in [0, 0.1) is 0 Å². The van der Waals surface area contributed by atoms with Gasteiger partial charge in [0.05, 0.1) is 0 Å². The van der Waals surface area contributed by atoms with Crippen LogP contribution in [0.15, 0.2) is 24.3 Å². The summed E-state index contributed by atoms with van der Waals surface area (Å²) in [4.78, 5) is 11.4. The highest BCUT2D eigenvalue weighted by Gasteiger charge is 2.17. The lowest BCUT2D eigenvalue weighted by Crippen LogP contribution is -2.15. The van der Waals surface area contributed by atoms with E-state index in [1.165, 1.54) is 24.3 Å². The van der Waals surface area contributed by atoms with Crippen LogP contribution in [0.25, 0.3) is 0 Å². The molecule has 0 spiro atoms. The summed E-state index contributed by atoms with van der Waals surface area (Å²) >= 11 is 16.6. The monoisotopic (exact) mass is 317 g/mol. The van der Waals surface area contributed by atoms with Gasteiger partial charge in [-0.1, -0.05) is 23.2 Å². The van der Waals surface area contributed by atoms with Crippen molar-refractivity contribution in [3.05, 3.63) is 29.3 Å². The van der Waals surface area contributed by atoms with Crippen molar-refractivity contribution in [2.45, 2.75) is 12.0 Å². The second kappa shape index (κ2) is 6.83. The lowest BCUT2D eigenvalue weighted by atomic mass is 10.3. The third-order valence-corrected chi connectivity index (χ3v) is 3.46. The van der Waals surface area contributed by atoms with Gasteiger partial charge >= 0.3 is 7.82 Å². The second-order valence-corrected chi connectivity index (χ2v) is 5.57. The molecule has 17 heavy (non-hydrogen) atoms. The number of phosphoric ester groups is 1. The minimum atomic E-state index is -4.50. The van der Waals surface area contributed by atoms with Gasteiger partial charge in [0.1, 0.15) is 11.3 Å². The number of benzene rings is 1. The first-order chi connectivity index (χ1) is 7.93. The smallest absolute Gasteiger partial charge is 0.321 e. The van der Waals surface area contributed by atoms with Crippen LogP contribution in [0.4, 0.5) is 0 Å². The molecule has 1 rings (SSSR count). The summed E-state index contributed by atoms with van der Waals surface area (Å²) in [5, 5.41) is 0.469. The van der Waals surface area contributed by atoms with Gasteiger partial charge in [0, 0.05) is 17.3 Å². The molecule has 0 saturated carbocycles. The average Bonchev–Trinajstić information content (AvgIpc) is 2.20. The summed E-state index contributed by atoms with van der Waals surface area (Å²) in [6.07, 6.45) is 0.194. The van der Waals surface area contributed by atoms with Crippen LogP contribution in [0.2, 0.25) is 5.02 Å². The minimum Gasteiger partial charge on any atom is -0.746 e. The van der Waals surface area contributed by atoms with Crippen molar-refractivity contribution in [1.29, 1.82) is 0 Å². The standard InChI is InChI=1S/C9H10Cl3O4P/c10-6-5-9(12)16-17(13,14)15-8-3-1-7(11)2-4-8/h1-4,9H,5-6H2,(H,13,14)/p-1. The summed E-state index contributed by atoms with van der Waals surface area (Å²) in [6.45, 7) is 0. The first-order valence-corrected chi connectivity index (χ1v) is 7.38. The zero-order valence-electron chi connectivity index (χ0n) is 8.52. The van der Waals surface area contributed by atoms with Gasteiger partial charge in [-0.05, 0) is 24.3 Å². The molecule has 2 unspecified atom stereocenters. The number of phosphoric acid groups is 1. The topological polar surface area (TPSA) is 58.6 Å². The summed E-state index contributed by atoms with van der Waals surface area (Å²) in [7, 11) is -4.50. The molecule has 0 radical (unpaired) electrons. The normalized spacial score (nSPS) is 16.2. The molecular formula is C9H9Cl3O4P-. The molecular weight excluding hydrogens is 309 g/mol. The Morgan fingerprint density at radius 1 is 1.35 bits per heavy atom. The Kier molecular flexibility index (Phi) is 6.07. The van der Waals surface area contributed by atoms with Crippen molar-refractivity contribution in [2.24, 2.45) is 0 Å². The SMILES string of the molecule is O=P([O-])(Oc1ccc(Cl)cc1)OC(Cl)CCCl. The fourth-order valence-electron chi connectivity index (χ4n) is 0.925. The number of rotatable bonds is 6. The molecule has 0 N–H and O–H groups in total. The molecule has 0 amide bonds. The van der Waals surface area contributed by atoms with E-state index >= 15 is 0 Å². The van der Waals surface area contributed by atoms with Gasteiger partial charge in [0.2, 0.25) is 0 Å². The summed E-state index contributed by atoms with van der Waals surface area (Å²) in [5.41, 5.74) is -1.04. The molecule has 1 aromatic carbocycles. The Morgan fingerprint density at radius 3 is 2.47 bits per heavy atom. The van der Waals surface area contributed by atoms with Crippen LogP contribution < -0.4 is 9.42 Å². The Labute approximate surface area is 114 Å². The molecule has 0 aromatic heterocycles. The number of halogens is 3. The molecule has 96 valence electrons. The maximum Gasteiger partial charge on any atom is 0.321 e. The van der Waals surface area contributed by atoms with E-state index in [1.54, 1.807) is 0 Å². The average molecular weight is 319 g/mol. The van der Waals surface area contributed by atoms with Crippen molar-refractivity contribution < 1.29 is 18.5 Å². The third kappa shape index (κ3) is 5.96. The van der Waals surface area contributed by atoms with Gasteiger partial charge in [0.25, 0.3) is 0 Å². The third-order valence-electron chi connectivity index (χ3n) is 1.61. The number of alkyl halides is 2. The van der Waals surface area contributed by atoms with Gasteiger partial charge in [-0.25, -0.2) is 0 Å². The minimum absolute atomic E-state index is 0.0995. The lowest BCUT2D eigenvalue weighted by Gasteiger charge is -2.25. The van der Waals surface area contributed by atoms with Gasteiger partial charge in [-0.15, -0.1) is 11.6 Å². The lowest BCUT2D eigenvalue weighted by molar-refractivity contribution is -0.218. The van der Waals surface area contributed by atoms with E-state index in [2.05, 4.69) is 9.05 Å². The van der Waals surface area contributed by atoms with Gasteiger partial charge < -0.3 is 9.42 Å². The summed E-state index contributed by atoms with van der Waals surface area (Å²) in [6, 6.07) is 5.80. The number of hydrogen-bond donors (Lipinski definition) is 0. The highest BCUT2D eigenvalue weighted by molar-refractivity contribution is 7.46. The highest BCUT2D eigenvalue weighted by Crippen LogP contribution is 2.42. The van der Waals surface area contributed by atoms with Gasteiger partial charge in [-0.3, -0.25) is 9.09 Å². The molecule has 4 nitrogen and oxygen atoms in total. The zero-order valence-corrected chi connectivity index (χ0v) is 11.7. The van der Waals surface area contributed by atoms with Crippen molar-refractivity contribution in [1.82, 2.24) is 0 Å². The van der Waals surface area contributed by atoms with E-state index in [-0.39, 0.29) is 18.1 Å². The Balaban J connectivity index is 2.59. The van der Waals surface area contributed by atoms with E-state index in [0.29, 0.717) is 5.02 Å². The van der Waals surface area contributed by atoms with Crippen LogP contribution in [0.1, 0.15) is 6.42 Å². The fraction of sp³-hybridized carbons (Fsp3) is 0.333. The maximum atomic E-state index is 11.4. The molecule has 0 saturated heterocycles. The fourth-order valence-corrected chi connectivity index (χ4v) is 2.57. The quantitative estimate of drug-likeness (QED) is 0.596. The second-order valence-electron chi connectivity index (χ2n) is 2.99. The van der Waals surface area contributed by atoms with Crippen LogP contribution in [-0.2, 0) is 9.09 Å². The first kappa shape index (κ1) is 15.1. The van der Waals surface area contributed by atoms with Crippen LogP contribution >= 0.6 is 42.6 Å². The molecule has 0 aliphatic carbocycles. The van der Waals surface area contributed by atoms with Crippen LogP contribution in [0.5, 0.6) is 5.75 Å². The molecule has 0 heterocycles. The largest absolute Gasteiger partial charge is 0.746 e. The van der Waals surface area contributed by atoms with E-state index in [4.69, 9.17) is 34.8 Å². The maximum absolute atomic E-state index is 11.4. The predicted octanol–water partition coefficient (Wildman–Crippen LogP) is 3.40. The van der Waals surface area contributed by atoms with Crippen molar-refractivity contribution in [2.75, 3.05) is 5.88 Å². The number of hydrogen-bond acceptors (Lipinski definition) is 4. The van der Waals surface area contributed by atoms with Crippen LogP contribution in [0.3, 0.4) is 0 Å². The highest BCUT2D eigenvalue weighted by atomic mass is 35.5. The van der Waals surface area contributed by atoms with E-state index in [9.17, 15) is 9.46 Å².